The largest absolute Gasteiger partial charge is 0.497 e. The Bertz CT molecular complexity index is 463. The first kappa shape index (κ1) is 13.7. The molecule has 1 saturated carbocycles. The van der Waals surface area contributed by atoms with Crippen molar-refractivity contribution in [1.82, 2.24) is 5.32 Å². The summed E-state index contributed by atoms with van der Waals surface area (Å²) in [5.41, 5.74) is -0.0490. The molecule has 1 amide bonds. The molecule has 0 radical (unpaired) electrons. The second-order valence-corrected chi connectivity index (χ2v) is 4.81. The van der Waals surface area contributed by atoms with Crippen molar-refractivity contribution in [2.24, 2.45) is 0 Å². The highest BCUT2D eigenvalue weighted by Gasteiger charge is 2.38. The van der Waals surface area contributed by atoms with Crippen molar-refractivity contribution < 1.29 is 19.4 Å². The highest BCUT2D eigenvalue weighted by Crippen LogP contribution is 2.32. The number of ether oxygens (including phenoxy) is 2. The Kier molecular flexibility index (Phi) is 3.95. The van der Waals surface area contributed by atoms with Crippen LogP contribution in [0.15, 0.2) is 18.2 Å². The molecule has 0 bridgehead atoms. The summed E-state index contributed by atoms with van der Waals surface area (Å²) < 4.78 is 10.3. The molecule has 1 fully saturated rings. The van der Waals surface area contributed by atoms with Crippen LogP contribution < -0.4 is 14.8 Å². The zero-order valence-electron chi connectivity index (χ0n) is 11.2. The standard InChI is InChI=1S/C14H19NO4/c1-18-10-4-5-12(19-2)11(8-10)13(17)15-14(9-16)6-3-7-14/h4-5,8,16H,3,6-7,9H2,1-2H3,(H,15,17). The van der Waals surface area contributed by atoms with Crippen LogP contribution in [0, 0.1) is 0 Å². The Morgan fingerprint density at radius 3 is 2.58 bits per heavy atom. The molecule has 2 N–H and O–H groups in total. The van der Waals surface area contributed by atoms with Crippen molar-refractivity contribution in [1.29, 1.82) is 0 Å². The summed E-state index contributed by atoms with van der Waals surface area (Å²) >= 11 is 0. The van der Waals surface area contributed by atoms with E-state index in [2.05, 4.69) is 5.32 Å². The molecule has 2 rings (SSSR count). The van der Waals surface area contributed by atoms with E-state index in [4.69, 9.17) is 9.47 Å². The van der Waals surface area contributed by atoms with Crippen molar-refractivity contribution in [2.45, 2.75) is 24.8 Å². The SMILES string of the molecule is COc1ccc(OC)c(C(=O)NC2(CO)CCC2)c1. The molecule has 0 unspecified atom stereocenters. The molecule has 0 saturated heterocycles. The molecule has 1 aromatic carbocycles. The van der Waals surface area contributed by atoms with E-state index < -0.39 is 5.54 Å². The van der Waals surface area contributed by atoms with Crippen LogP contribution >= 0.6 is 0 Å². The number of aliphatic hydroxyl groups is 1. The van der Waals surface area contributed by atoms with Crippen molar-refractivity contribution in [3.8, 4) is 11.5 Å². The fourth-order valence-electron chi connectivity index (χ4n) is 2.23. The van der Waals surface area contributed by atoms with Crippen LogP contribution in [0.5, 0.6) is 11.5 Å². The fourth-order valence-corrected chi connectivity index (χ4v) is 2.23. The quantitative estimate of drug-likeness (QED) is 0.843. The van der Waals surface area contributed by atoms with E-state index >= 15 is 0 Å². The molecule has 104 valence electrons. The number of nitrogens with one attached hydrogen (secondary N) is 1. The fraction of sp³-hybridized carbons (Fsp3) is 0.500. The Morgan fingerprint density at radius 2 is 2.11 bits per heavy atom. The summed E-state index contributed by atoms with van der Waals surface area (Å²) in [5, 5.41) is 12.3. The molecule has 0 aromatic heterocycles. The number of methoxy groups -OCH3 is 2. The highest BCUT2D eigenvalue weighted by molar-refractivity contribution is 5.97. The zero-order valence-corrected chi connectivity index (χ0v) is 11.2. The lowest BCUT2D eigenvalue weighted by Crippen LogP contribution is -2.56. The van der Waals surface area contributed by atoms with Gasteiger partial charge in [0.2, 0.25) is 0 Å². The van der Waals surface area contributed by atoms with Gasteiger partial charge in [0.25, 0.3) is 5.91 Å². The van der Waals surface area contributed by atoms with Crippen LogP contribution in [0.1, 0.15) is 29.6 Å². The van der Waals surface area contributed by atoms with Crippen molar-refractivity contribution >= 4 is 5.91 Å². The van der Waals surface area contributed by atoms with Crippen LogP contribution in [0.4, 0.5) is 0 Å². The van der Waals surface area contributed by atoms with Gasteiger partial charge in [-0.2, -0.15) is 0 Å². The first-order valence-electron chi connectivity index (χ1n) is 6.29. The first-order valence-corrected chi connectivity index (χ1v) is 6.29. The summed E-state index contributed by atoms with van der Waals surface area (Å²) in [6.07, 6.45) is 2.64. The molecule has 5 heteroatoms. The Labute approximate surface area is 112 Å². The third kappa shape index (κ3) is 2.66. The van der Waals surface area contributed by atoms with E-state index in [0.717, 1.165) is 19.3 Å². The van der Waals surface area contributed by atoms with Gasteiger partial charge in [-0.1, -0.05) is 0 Å². The van der Waals surface area contributed by atoms with Crippen molar-refractivity contribution in [2.75, 3.05) is 20.8 Å². The maximum atomic E-state index is 12.3. The second kappa shape index (κ2) is 5.48. The molecule has 1 aliphatic carbocycles. The Balaban J connectivity index is 2.22. The average Bonchev–Trinajstić information content (AvgIpc) is 2.41. The van der Waals surface area contributed by atoms with Gasteiger partial charge in [-0.3, -0.25) is 4.79 Å². The molecular formula is C14H19NO4. The molecule has 19 heavy (non-hydrogen) atoms. The molecule has 0 heterocycles. The number of amides is 1. The summed E-state index contributed by atoms with van der Waals surface area (Å²) in [6, 6.07) is 5.07. The Hall–Kier alpha value is -1.75. The van der Waals surface area contributed by atoms with Crippen LogP contribution in [0.3, 0.4) is 0 Å². The number of hydrogen-bond acceptors (Lipinski definition) is 4. The number of hydrogen-bond donors (Lipinski definition) is 2. The van der Waals surface area contributed by atoms with Gasteiger partial charge in [-0.15, -0.1) is 0 Å². The lowest BCUT2D eigenvalue weighted by atomic mass is 9.77. The lowest BCUT2D eigenvalue weighted by Gasteiger charge is -2.41. The van der Waals surface area contributed by atoms with E-state index in [0.29, 0.717) is 17.1 Å². The zero-order chi connectivity index (χ0) is 13.9. The molecule has 1 aliphatic rings. The van der Waals surface area contributed by atoms with Gasteiger partial charge in [-0.25, -0.2) is 0 Å². The number of carbonyl (C=O) groups excluding carboxylic acids is 1. The molecule has 0 aliphatic heterocycles. The maximum absolute atomic E-state index is 12.3. The minimum absolute atomic E-state index is 0.0367. The van der Waals surface area contributed by atoms with Crippen LogP contribution in [0.25, 0.3) is 0 Å². The van der Waals surface area contributed by atoms with Gasteiger partial charge in [-0.05, 0) is 37.5 Å². The number of benzene rings is 1. The maximum Gasteiger partial charge on any atom is 0.255 e. The second-order valence-electron chi connectivity index (χ2n) is 4.81. The predicted octanol–water partition coefficient (Wildman–Crippen LogP) is 1.35. The smallest absolute Gasteiger partial charge is 0.255 e. The Morgan fingerprint density at radius 1 is 1.37 bits per heavy atom. The van der Waals surface area contributed by atoms with Gasteiger partial charge in [0.1, 0.15) is 11.5 Å². The van der Waals surface area contributed by atoms with Gasteiger partial charge < -0.3 is 19.9 Å². The van der Waals surface area contributed by atoms with E-state index in [1.807, 2.05) is 0 Å². The van der Waals surface area contributed by atoms with E-state index in [-0.39, 0.29) is 12.5 Å². The minimum atomic E-state index is -0.467. The number of rotatable bonds is 5. The van der Waals surface area contributed by atoms with Crippen molar-refractivity contribution in [3.05, 3.63) is 23.8 Å². The monoisotopic (exact) mass is 265 g/mol. The van der Waals surface area contributed by atoms with Gasteiger partial charge in [0.05, 0.1) is 31.9 Å². The van der Waals surface area contributed by atoms with E-state index in [1.54, 1.807) is 25.3 Å². The number of aliphatic hydroxyl groups excluding tert-OH is 1. The molecule has 1 aromatic rings. The third-order valence-corrected chi connectivity index (χ3v) is 3.64. The van der Waals surface area contributed by atoms with Crippen molar-refractivity contribution in [3.63, 3.8) is 0 Å². The molecular weight excluding hydrogens is 246 g/mol. The van der Waals surface area contributed by atoms with Crippen LogP contribution in [-0.2, 0) is 0 Å². The first-order chi connectivity index (χ1) is 9.14. The van der Waals surface area contributed by atoms with E-state index in [1.165, 1.54) is 7.11 Å². The molecule has 5 nitrogen and oxygen atoms in total. The summed E-state index contributed by atoms with van der Waals surface area (Å²) in [4.78, 5) is 12.3. The van der Waals surface area contributed by atoms with Gasteiger partial charge in [0.15, 0.2) is 0 Å². The van der Waals surface area contributed by atoms with Gasteiger partial charge >= 0.3 is 0 Å². The topological polar surface area (TPSA) is 67.8 Å². The summed E-state index contributed by atoms with van der Waals surface area (Å²) in [5.74, 6) is 0.841. The summed E-state index contributed by atoms with van der Waals surface area (Å²) in [7, 11) is 3.06. The normalized spacial score (nSPS) is 16.4. The third-order valence-electron chi connectivity index (χ3n) is 3.64. The average molecular weight is 265 g/mol. The number of carbonyl (C=O) groups is 1. The lowest BCUT2D eigenvalue weighted by molar-refractivity contribution is 0.0639. The molecule has 0 spiro atoms. The molecule has 0 atom stereocenters. The van der Waals surface area contributed by atoms with Crippen LogP contribution in [0.2, 0.25) is 0 Å². The van der Waals surface area contributed by atoms with E-state index in [9.17, 15) is 9.90 Å². The van der Waals surface area contributed by atoms with Gasteiger partial charge in [0, 0.05) is 0 Å². The van der Waals surface area contributed by atoms with Crippen LogP contribution in [-0.4, -0.2) is 37.4 Å². The summed E-state index contributed by atoms with van der Waals surface area (Å²) in [6.45, 7) is -0.0367. The highest BCUT2D eigenvalue weighted by atomic mass is 16.5. The minimum Gasteiger partial charge on any atom is -0.497 e. The predicted molar refractivity (Wildman–Crippen MR) is 70.7 cm³/mol.